The zero-order valence-corrected chi connectivity index (χ0v) is 21.3. The molecule has 0 bridgehead atoms. The second-order valence-electron chi connectivity index (χ2n) is 10.1. The summed E-state index contributed by atoms with van der Waals surface area (Å²) in [5.74, 6) is 1.34. The molecule has 4 rings (SSSR count). The van der Waals surface area contributed by atoms with Crippen molar-refractivity contribution in [3.8, 4) is 0 Å². The average Bonchev–Trinajstić information content (AvgIpc) is 2.83. The van der Waals surface area contributed by atoms with Gasteiger partial charge in [0.2, 0.25) is 0 Å². The van der Waals surface area contributed by atoms with Gasteiger partial charge in [0, 0.05) is 17.6 Å². The zero-order valence-electron chi connectivity index (χ0n) is 20.5. The molecule has 1 saturated carbocycles. The number of rotatable bonds is 4. The third kappa shape index (κ3) is 7.33. The number of nitrogens with one attached hydrogen (secondary N) is 1. The highest BCUT2D eigenvalue weighted by Gasteiger charge is 2.15. The smallest absolute Gasteiger partial charge is 0.123 e. The van der Waals surface area contributed by atoms with Crippen LogP contribution in [0, 0.1) is 12.8 Å². The van der Waals surface area contributed by atoms with Crippen LogP contribution in [0.3, 0.4) is 0 Å². The number of hydrogen-bond donors (Lipinski definition) is 2. The standard InChI is InChI=1S/C29H39ClN4/c1-21-27(15-16-29(31)33-21)34-26-11-6-4-2-3-5-9-22(10-7-8-12-26)17-23-13-14-28-24(18-23)19-25(30)20-32-28/h13-16,18-20,22,26,34H,2-12,17H2,1H3,(H2,31,33). The van der Waals surface area contributed by atoms with Crippen molar-refractivity contribution < 1.29 is 0 Å². The Bertz CT molecular complexity index is 1070. The second-order valence-corrected chi connectivity index (χ2v) is 10.5. The number of nitrogens with zero attached hydrogens (tertiary/aromatic N) is 2. The maximum absolute atomic E-state index is 6.18. The van der Waals surface area contributed by atoms with Crippen LogP contribution in [-0.2, 0) is 6.42 Å². The number of anilines is 2. The largest absolute Gasteiger partial charge is 0.384 e. The van der Waals surface area contributed by atoms with Crippen LogP contribution in [-0.4, -0.2) is 16.0 Å². The highest BCUT2D eigenvalue weighted by molar-refractivity contribution is 6.31. The van der Waals surface area contributed by atoms with Crippen molar-refractivity contribution in [2.45, 2.75) is 90.0 Å². The first-order valence-corrected chi connectivity index (χ1v) is 13.5. The Morgan fingerprint density at radius 2 is 1.62 bits per heavy atom. The zero-order chi connectivity index (χ0) is 23.8. The number of halogens is 1. The molecule has 34 heavy (non-hydrogen) atoms. The predicted molar refractivity (Wildman–Crippen MR) is 146 cm³/mol. The first-order chi connectivity index (χ1) is 16.6. The van der Waals surface area contributed by atoms with Crippen molar-refractivity contribution in [3.05, 3.63) is 58.9 Å². The lowest BCUT2D eigenvalue weighted by molar-refractivity contribution is 0.404. The predicted octanol–water partition coefficient (Wildman–Crippen LogP) is 8.12. The van der Waals surface area contributed by atoms with E-state index in [2.05, 4.69) is 39.6 Å². The molecule has 0 amide bonds. The van der Waals surface area contributed by atoms with Crippen molar-refractivity contribution in [2.24, 2.45) is 5.92 Å². The number of pyridine rings is 2. The summed E-state index contributed by atoms with van der Waals surface area (Å²) >= 11 is 6.18. The first kappa shape index (κ1) is 24.8. The van der Waals surface area contributed by atoms with Gasteiger partial charge in [-0.15, -0.1) is 0 Å². The Morgan fingerprint density at radius 1 is 0.912 bits per heavy atom. The molecule has 3 N–H and O–H groups in total. The van der Waals surface area contributed by atoms with E-state index in [4.69, 9.17) is 17.3 Å². The van der Waals surface area contributed by atoms with Crippen LogP contribution < -0.4 is 11.1 Å². The van der Waals surface area contributed by atoms with E-state index in [-0.39, 0.29) is 0 Å². The van der Waals surface area contributed by atoms with E-state index in [0.717, 1.165) is 34.6 Å². The van der Waals surface area contributed by atoms with Crippen LogP contribution >= 0.6 is 11.6 Å². The summed E-state index contributed by atoms with van der Waals surface area (Å²) in [5, 5.41) is 5.64. The molecular weight excluding hydrogens is 440 g/mol. The number of nitrogens with two attached hydrogens (primary N) is 1. The van der Waals surface area contributed by atoms with Gasteiger partial charge in [0.25, 0.3) is 0 Å². The van der Waals surface area contributed by atoms with Gasteiger partial charge in [-0.1, -0.05) is 75.5 Å². The third-order valence-electron chi connectivity index (χ3n) is 7.28. The van der Waals surface area contributed by atoms with Gasteiger partial charge in [-0.05, 0) is 68.0 Å². The minimum absolute atomic E-state index is 0.515. The van der Waals surface area contributed by atoms with E-state index in [1.165, 1.54) is 76.2 Å². The normalized spacial score (nSPS) is 20.8. The van der Waals surface area contributed by atoms with Gasteiger partial charge in [-0.25, -0.2) is 4.98 Å². The molecule has 2 aromatic heterocycles. The molecule has 0 aliphatic heterocycles. The number of nitrogen functional groups attached to an aromatic ring is 1. The number of aromatic nitrogens is 2. The molecule has 0 saturated heterocycles. The Labute approximate surface area is 209 Å². The number of benzene rings is 1. The average molecular weight is 479 g/mol. The number of aryl methyl sites for hydroxylation is 1. The van der Waals surface area contributed by atoms with Gasteiger partial charge < -0.3 is 11.1 Å². The quantitative estimate of drug-likeness (QED) is 0.397. The molecule has 2 atom stereocenters. The van der Waals surface area contributed by atoms with E-state index in [1.54, 1.807) is 6.20 Å². The van der Waals surface area contributed by atoms with Crippen LogP contribution in [0.25, 0.3) is 10.9 Å². The van der Waals surface area contributed by atoms with Crippen LogP contribution in [0.4, 0.5) is 11.5 Å². The van der Waals surface area contributed by atoms with Gasteiger partial charge in [-0.2, -0.15) is 0 Å². The van der Waals surface area contributed by atoms with E-state index >= 15 is 0 Å². The fourth-order valence-corrected chi connectivity index (χ4v) is 5.55. The Balaban J connectivity index is 1.36. The molecule has 0 radical (unpaired) electrons. The molecule has 0 spiro atoms. The molecule has 1 aromatic carbocycles. The molecule has 1 aliphatic rings. The summed E-state index contributed by atoms with van der Waals surface area (Å²) in [6.45, 7) is 2.04. The van der Waals surface area contributed by atoms with Crippen molar-refractivity contribution in [2.75, 3.05) is 11.1 Å². The summed E-state index contributed by atoms with van der Waals surface area (Å²) < 4.78 is 0. The van der Waals surface area contributed by atoms with Gasteiger partial charge in [-0.3, -0.25) is 4.98 Å². The van der Waals surface area contributed by atoms with Gasteiger partial charge in [0.15, 0.2) is 0 Å². The van der Waals surface area contributed by atoms with Crippen LogP contribution in [0.5, 0.6) is 0 Å². The Hall–Kier alpha value is -2.33. The van der Waals surface area contributed by atoms with Crippen molar-refractivity contribution in [3.63, 3.8) is 0 Å². The summed E-state index contributed by atoms with van der Waals surface area (Å²) in [7, 11) is 0. The van der Waals surface area contributed by atoms with Crippen molar-refractivity contribution in [1.82, 2.24) is 9.97 Å². The summed E-state index contributed by atoms with van der Waals surface area (Å²) in [6, 6.07) is 13.2. The van der Waals surface area contributed by atoms with Crippen LogP contribution in [0.1, 0.15) is 81.9 Å². The first-order valence-electron chi connectivity index (χ1n) is 13.1. The molecule has 3 aromatic rings. The maximum atomic E-state index is 6.18. The van der Waals surface area contributed by atoms with Crippen molar-refractivity contribution >= 4 is 34.0 Å². The molecule has 2 heterocycles. The summed E-state index contributed by atoms with van der Waals surface area (Å²) in [4.78, 5) is 8.88. The van der Waals surface area contributed by atoms with Crippen LogP contribution in [0.15, 0.2) is 42.6 Å². The Kier molecular flexibility index (Phi) is 9.04. The third-order valence-corrected chi connectivity index (χ3v) is 7.49. The minimum atomic E-state index is 0.515. The summed E-state index contributed by atoms with van der Waals surface area (Å²) in [5.41, 5.74) is 10.4. The number of hydrogen-bond acceptors (Lipinski definition) is 4. The van der Waals surface area contributed by atoms with E-state index in [9.17, 15) is 0 Å². The Morgan fingerprint density at radius 3 is 2.41 bits per heavy atom. The molecule has 4 nitrogen and oxygen atoms in total. The highest BCUT2D eigenvalue weighted by atomic mass is 35.5. The highest BCUT2D eigenvalue weighted by Crippen LogP contribution is 2.27. The molecule has 1 fully saturated rings. The lowest BCUT2D eigenvalue weighted by atomic mass is 9.88. The lowest BCUT2D eigenvalue weighted by Crippen LogP contribution is -2.20. The van der Waals surface area contributed by atoms with E-state index < -0.39 is 0 Å². The fraction of sp³-hybridized carbons (Fsp3) is 0.517. The SMILES string of the molecule is Cc1nc(N)ccc1NC1CCCCCCCC(Cc2ccc3ncc(Cl)cc3c2)CCCC1. The maximum Gasteiger partial charge on any atom is 0.123 e. The van der Waals surface area contributed by atoms with E-state index in [1.807, 2.05) is 19.1 Å². The van der Waals surface area contributed by atoms with Crippen molar-refractivity contribution in [1.29, 1.82) is 0 Å². The minimum Gasteiger partial charge on any atom is -0.384 e. The summed E-state index contributed by atoms with van der Waals surface area (Å²) in [6.07, 6.45) is 17.2. The molecule has 2 unspecified atom stereocenters. The van der Waals surface area contributed by atoms with Gasteiger partial charge in [0.05, 0.1) is 21.9 Å². The van der Waals surface area contributed by atoms with Gasteiger partial charge in [0.1, 0.15) is 5.82 Å². The molecular formula is C29H39ClN4. The fourth-order valence-electron chi connectivity index (χ4n) is 5.38. The van der Waals surface area contributed by atoms with Crippen LogP contribution in [0.2, 0.25) is 5.02 Å². The van der Waals surface area contributed by atoms with Gasteiger partial charge >= 0.3 is 0 Å². The lowest BCUT2D eigenvalue weighted by Gasteiger charge is -2.22. The topological polar surface area (TPSA) is 63.8 Å². The molecule has 1 aliphatic carbocycles. The van der Waals surface area contributed by atoms with E-state index in [0.29, 0.717) is 16.9 Å². The number of fused-ring (bicyclic) bond motifs is 1. The second kappa shape index (κ2) is 12.4. The molecule has 5 heteroatoms. The molecule has 182 valence electrons. The monoisotopic (exact) mass is 478 g/mol.